The number of para-hydroxylation sites is 1. The molecular formula is C16H18N2O2S. The highest BCUT2D eigenvalue weighted by molar-refractivity contribution is 8.04. The molecule has 1 heterocycles. The quantitative estimate of drug-likeness (QED) is 0.826. The first-order valence-corrected chi connectivity index (χ1v) is 8.14. The molecule has 0 radical (unpaired) electrons. The van der Waals surface area contributed by atoms with Crippen LogP contribution in [-0.2, 0) is 9.59 Å². The Balaban J connectivity index is 1.68. The third kappa shape index (κ3) is 3.47. The molecule has 2 N–H and O–H groups in total. The Labute approximate surface area is 128 Å². The van der Waals surface area contributed by atoms with E-state index in [4.69, 9.17) is 0 Å². The maximum Gasteiger partial charge on any atom is 0.262 e. The second kappa shape index (κ2) is 6.35. The van der Waals surface area contributed by atoms with E-state index in [1.54, 1.807) is 0 Å². The number of carbonyl (C=O) groups excluding carboxylic acids is 2. The Morgan fingerprint density at radius 2 is 2.00 bits per heavy atom. The van der Waals surface area contributed by atoms with Crippen LogP contribution in [0.5, 0.6) is 0 Å². The summed E-state index contributed by atoms with van der Waals surface area (Å²) in [7, 11) is 0. The molecule has 3 rings (SSSR count). The third-order valence-electron chi connectivity index (χ3n) is 3.79. The van der Waals surface area contributed by atoms with Gasteiger partial charge in [0.2, 0.25) is 5.91 Å². The summed E-state index contributed by atoms with van der Waals surface area (Å²) < 4.78 is 0. The van der Waals surface area contributed by atoms with Gasteiger partial charge in [0.05, 0.1) is 10.6 Å². The first-order valence-electron chi connectivity index (χ1n) is 7.33. The Bertz CT molecular complexity index is 592. The van der Waals surface area contributed by atoms with Gasteiger partial charge in [-0.3, -0.25) is 9.59 Å². The van der Waals surface area contributed by atoms with Crippen LogP contribution in [-0.4, -0.2) is 17.9 Å². The van der Waals surface area contributed by atoms with Crippen LogP contribution in [0.3, 0.4) is 0 Å². The van der Waals surface area contributed by atoms with E-state index in [0.717, 1.165) is 23.4 Å². The smallest absolute Gasteiger partial charge is 0.262 e. The van der Waals surface area contributed by atoms with E-state index in [-0.39, 0.29) is 17.9 Å². The van der Waals surface area contributed by atoms with E-state index >= 15 is 0 Å². The minimum absolute atomic E-state index is 0.168. The van der Waals surface area contributed by atoms with E-state index in [0.29, 0.717) is 4.91 Å². The van der Waals surface area contributed by atoms with Gasteiger partial charge < -0.3 is 10.6 Å². The molecule has 1 fully saturated rings. The molecule has 0 bridgehead atoms. The van der Waals surface area contributed by atoms with Crippen molar-refractivity contribution < 1.29 is 9.59 Å². The van der Waals surface area contributed by atoms with Crippen molar-refractivity contribution >= 4 is 29.3 Å². The van der Waals surface area contributed by atoms with E-state index in [2.05, 4.69) is 10.6 Å². The van der Waals surface area contributed by atoms with Crippen LogP contribution >= 0.6 is 11.8 Å². The molecule has 1 aromatic carbocycles. The van der Waals surface area contributed by atoms with E-state index < -0.39 is 0 Å². The number of rotatable bonds is 2. The number of benzene rings is 1. The Kier molecular flexibility index (Phi) is 4.29. The fraction of sp³-hybridized carbons (Fsp3) is 0.375. The molecule has 4 nitrogen and oxygen atoms in total. The lowest BCUT2D eigenvalue weighted by Crippen LogP contribution is -2.35. The number of carbonyl (C=O) groups is 2. The summed E-state index contributed by atoms with van der Waals surface area (Å²) in [5.74, 6) is -0.378. The number of fused-ring (bicyclic) bond motifs is 1. The summed E-state index contributed by atoms with van der Waals surface area (Å²) in [5, 5.41) is 5.81. The Hall–Kier alpha value is -1.75. The lowest BCUT2D eigenvalue weighted by Gasteiger charge is -2.22. The summed E-state index contributed by atoms with van der Waals surface area (Å²) in [6.07, 6.45) is 7.09. The van der Waals surface area contributed by atoms with Gasteiger partial charge in [-0.25, -0.2) is 0 Å². The van der Waals surface area contributed by atoms with Crippen LogP contribution in [0.1, 0.15) is 32.1 Å². The predicted octanol–water partition coefficient (Wildman–Crippen LogP) is 3.06. The molecule has 0 spiro atoms. The maximum absolute atomic E-state index is 12.1. The molecule has 2 aliphatic rings. The van der Waals surface area contributed by atoms with Gasteiger partial charge in [0.15, 0.2) is 0 Å². The van der Waals surface area contributed by atoms with Gasteiger partial charge in [-0.1, -0.05) is 43.2 Å². The molecule has 21 heavy (non-hydrogen) atoms. The molecule has 110 valence electrons. The maximum atomic E-state index is 12.1. The summed E-state index contributed by atoms with van der Waals surface area (Å²) in [6, 6.07) is 7.85. The second-order valence-electron chi connectivity index (χ2n) is 5.40. The molecule has 1 aromatic rings. The number of amides is 2. The molecule has 0 saturated heterocycles. The number of hydrogen-bond donors (Lipinski definition) is 2. The monoisotopic (exact) mass is 302 g/mol. The normalized spacial score (nSPS) is 20.8. The zero-order chi connectivity index (χ0) is 14.7. The Morgan fingerprint density at radius 1 is 1.24 bits per heavy atom. The van der Waals surface area contributed by atoms with Crippen LogP contribution in [0, 0.1) is 0 Å². The standard InChI is InChI=1S/C16H18N2O2S/c19-15(17-11-6-2-1-3-7-11)10-14-16(20)18-12-8-4-5-9-13(12)21-14/h4-5,8-11H,1-3,6-7H2,(H,17,19)(H,18,20). The van der Waals surface area contributed by atoms with Crippen LogP contribution in [0.25, 0.3) is 0 Å². The lowest BCUT2D eigenvalue weighted by molar-refractivity contribution is -0.118. The van der Waals surface area contributed by atoms with E-state index in [1.165, 1.54) is 37.1 Å². The first-order chi connectivity index (χ1) is 10.2. The van der Waals surface area contributed by atoms with Gasteiger partial charge in [-0.2, -0.15) is 0 Å². The van der Waals surface area contributed by atoms with Crippen molar-refractivity contribution in [2.45, 2.75) is 43.0 Å². The van der Waals surface area contributed by atoms with Gasteiger partial charge in [0, 0.05) is 17.0 Å². The number of anilines is 1. The fourth-order valence-electron chi connectivity index (χ4n) is 2.71. The van der Waals surface area contributed by atoms with Crippen LogP contribution < -0.4 is 10.6 Å². The van der Waals surface area contributed by atoms with Gasteiger partial charge in [-0.15, -0.1) is 0 Å². The lowest BCUT2D eigenvalue weighted by atomic mass is 9.95. The van der Waals surface area contributed by atoms with Crippen molar-refractivity contribution in [1.29, 1.82) is 0 Å². The predicted molar refractivity (Wildman–Crippen MR) is 84.0 cm³/mol. The molecule has 0 aromatic heterocycles. The summed E-state index contributed by atoms with van der Waals surface area (Å²) in [6.45, 7) is 0. The van der Waals surface area contributed by atoms with Gasteiger partial charge in [0.25, 0.3) is 5.91 Å². The number of hydrogen-bond acceptors (Lipinski definition) is 3. The van der Waals surface area contributed by atoms with E-state index in [1.807, 2.05) is 24.3 Å². The van der Waals surface area contributed by atoms with E-state index in [9.17, 15) is 9.59 Å². The average Bonchev–Trinajstić information content (AvgIpc) is 2.49. The van der Waals surface area contributed by atoms with Crippen LogP contribution in [0.2, 0.25) is 0 Å². The largest absolute Gasteiger partial charge is 0.350 e. The minimum atomic E-state index is -0.211. The van der Waals surface area contributed by atoms with Crippen molar-refractivity contribution in [2.24, 2.45) is 0 Å². The highest BCUT2D eigenvalue weighted by Gasteiger charge is 2.22. The summed E-state index contributed by atoms with van der Waals surface area (Å²) in [4.78, 5) is 25.5. The van der Waals surface area contributed by atoms with Crippen molar-refractivity contribution in [1.82, 2.24) is 5.32 Å². The fourth-order valence-corrected chi connectivity index (χ4v) is 3.63. The van der Waals surface area contributed by atoms with Crippen molar-refractivity contribution in [2.75, 3.05) is 5.32 Å². The zero-order valence-electron chi connectivity index (χ0n) is 11.7. The second-order valence-corrected chi connectivity index (χ2v) is 6.49. The van der Waals surface area contributed by atoms with Crippen LogP contribution in [0.15, 0.2) is 40.1 Å². The first kappa shape index (κ1) is 14.2. The molecule has 0 unspecified atom stereocenters. The topological polar surface area (TPSA) is 58.2 Å². The molecular weight excluding hydrogens is 284 g/mol. The molecule has 0 atom stereocenters. The molecule has 2 amide bonds. The SMILES string of the molecule is O=C(C=C1Sc2ccccc2NC1=O)NC1CCCCC1. The number of nitrogens with one attached hydrogen (secondary N) is 2. The van der Waals surface area contributed by atoms with Crippen LogP contribution in [0.4, 0.5) is 5.69 Å². The molecule has 1 saturated carbocycles. The molecule has 1 aliphatic carbocycles. The van der Waals surface area contributed by atoms with Crippen molar-refractivity contribution in [3.8, 4) is 0 Å². The molecule has 5 heteroatoms. The van der Waals surface area contributed by atoms with Gasteiger partial charge in [0.1, 0.15) is 0 Å². The van der Waals surface area contributed by atoms with Crippen molar-refractivity contribution in [3.05, 3.63) is 35.2 Å². The zero-order valence-corrected chi connectivity index (χ0v) is 12.5. The minimum Gasteiger partial charge on any atom is -0.350 e. The Morgan fingerprint density at radius 3 is 2.81 bits per heavy atom. The number of thioether (sulfide) groups is 1. The average molecular weight is 302 g/mol. The summed E-state index contributed by atoms with van der Waals surface area (Å²) >= 11 is 1.34. The van der Waals surface area contributed by atoms with Gasteiger partial charge in [-0.05, 0) is 25.0 Å². The highest BCUT2D eigenvalue weighted by Crippen LogP contribution is 2.37. The summed E-state index contributed by atoms with van der Waals surface area (Å²) in [5.41, 5.74) is 0.803. The van der Waals surface area contributed by atoms with Crippen molar-refractivity contribution in [3.63, 3.8) is 0 Å². The highest BCUT2D eigenvalue weighted by atomic mass is 32.2. The molecule has 1 aliphatic heterocycles. The third-order valence-corrected chi connectivity index (χ3v) is 4.89. The van der Waals surface area contributed by atoms with Gasteiger partial charge >= 0.3 is 0 Å².